The van der Waals surface area contributed by atoms with Gasteiger partial charge in [0.2, 0.25) is 0 Å². The number of furan rings is 2. The number of hydrogen-bond acceptors (Lipinski definition) is 5. The number of benzene rings is 9. The first-order chi connectivity index (χ1) is 33.7. The fourth-order valence-corrected chi connectivity index (χ4v) is 8.97. The largest absolute Gasteiger partial charge is 0.456 e. The molecule has 4 heterocycles. The lowest BCUT2D eigenvalue weighted by atomic mass is 9.93. The van der Waals surface area contributed by atoms with Crippen molar-refractivity contribution in [3.63, 3.8) is 0 Å². The van der Waals surface area contributed by atoms with Gasteiger partial charge in [0.05, 0.1) is 24.9 Å². The predicted octanol–water partition coefficient (Wildman–Crippen LogP) is 15.1. The van der Waals surface area contributed by atoms with Crippen molar-refractivity contribution < 1.29 is 17.1 Å². The molecule has 0 aliphatic heterocycles. The summed E-state index contributed by atoms with van der Waals surface area (Å²) in [7, 11) is 0. The fourth-order valence-electron chi connectivity index (χ4n) is 8.97. The summed E-state index contributed by atoms with van der Waals surface area (Å²) in [6, 6.07) is 53.3. The first-order valence-electron chi connectivity index (χ1n) is 23.6. The maximum Gasteiger partial charge on any atom is 0.164 e. The Morgan fingerprint density at radius 1 is 0.381 bits per heavy atom. The lowest BCUT2D eigenvalue weighted by Crippen LogP contribution is -2.01. The van der Waals surface area contributed by atoms with E-state index in [0.717, 1.165) is 54.9 Å². The normalized spacial score (nSPS) is 13.1. The van der Waals surface area contributed by atoms with Crippen molar-refractivity contribution in [3.05, 3.63) is 206 Å². The highest BCUT2D eigenvalue weighted by Gasteiger charge is 2.23. The number of para-hydroxylation sites is 5. The number of aromatic nitrogens is 4. The highest BCUT2D eigenvalue weighted by Crippen LogP contribution is 2.44. The lowest BCUT2D eigenvalue weighted by Gasteiger charge is -2.17. The summed E-state index contributed by atoms with van der Waals surface area (Å²) < 4.78 is 69.2. The zero-order valence-corrected chi connectivity index (χ0v) is 33.3. The van der Waals surface area contributed by atoms with E-state index in [0.29, 0.717) is 51.1 Å². The zero-order valence-electron chi connectivity index (χ0n) is 39.3. The molecule has 0 unspecified atom stereocenters. The smallest absolute Gasteiger partial charge is 0.164 e. The Kier molecular flexibility index (Phi) is 6.56. The van der Waals surface area contributed by atoms with E-state index in [4.69, 9.17) is 29.3 Å². The van der Waals surface area contributed by atoms with Gasteiger partial charge in [-0.25, -0.2) is 15.0 Å². The molecule has 0 amide bonds. The first-order valence-corrected chi connectivity index (χ1v) is 20.6. The summed E-state index contributed by atoms with van der Waals surface area (Å²) in [6.45, 7) is 0. The van der Waals surface area contributed by atoms with E-state index in [9.17, 15) is 2.74 Å². The fraction of sp³-hybridized carbons (Fsp3) is 0. The molecule has 63 heavy (non-hydrogen) atoms. The molecular weight excluding hydrogens is 773 g/mol. The summed E-state index contributed by atoms with van der Waals surface area (Å²) in [5.41, 5.74) is 9.11. The third kappa shape index (κ3) is 5.62. The van der Waals surface area contributed by atoms with Crippen LogP contribution in [0.2, 0.25) is 0 Å². The van der Waals surface area contributed by atoms with Gasteiger partial charge in [0.25, 0.3) is 0 Å². The van der Waals surface area contributed by atoms with E-state index < -0.39 is 0 Å². The maximum atomic E-state index is 9.30. The third-order valence-electron chi connectivity index (χ3n) is 11.8. The number of fused-ring (bicyclic) bond motifs is 9. The van der Waals surface area contributed by atoms with Gasteiger partial charge in [-0.05, 0) is 59.6 Å². The van der Waals surface area contributed by atoms with E-state index >= 15 is 0 Å². The Labute approximate surface area is 369 Å². The van der Waals surface area contributed by atoms with Crippen LogP contribution in [0.15, 0.2) is 215 Å². The first kappa shape index (κ1) is 29.6. The van der Waals surface area contributed by atoms with Gasteiger partial charge in [-0.3, -0.25) is 0 Å². The molecule has 13 aromatic rings. The molecule has 6 nitrogen and oxygen atoms in total. The van der Waals surface area contributed by atoms with Gasteiger partial charge in [-0.15, -0.1) is 0 Å². The standard InChI is InChI=1S/C57H34N4O2/c1-3-16-35(17-4-1)55-58-56(36-18-5-2-6-19-36)60-57(59-55)46-33-38(34-52-53(46)44-23-10-14-29-51(44)62-52)37-30-31-49(61-47-26-11-7-20-39(47)40-21-8-12-27-48(40)61)45(32-37)43-25-15-24-42-41-22-9-13-28-50(41)63-54(42)43/h1-34H/i7D,8D,20D,21D,26D,27D. The highest BCUT2D eigenvalue weighted by molar-refractivity contribution is 6.15. The Balaban J connectivity index is 1.13. The third-order valence-corrected chi connectivity index (χ3v) is 11.8. The summed E-state index contributed by atoms with van der Waals surface area (Å²) >= 11 is 0. The van der Waals surface area contributed by atoms with Crippen LogP contribution in [-0.2, 0) is 0 Å². The Morgan fingerprint density at radius 3 is 1.67 bits per heavy atom. The number of nitrogens with zero attached hydrogens (tertiary/aromatic N) is 4. The van der Waals surface area contributed by atoms with Crippen LogP contribution in [0.1, 0.15) is 8.22 Å². The molecule has 0 saturated heterocycles. The van der Waals surface area contributed by atoms with Gasteiger partial charge in [-0.1, -0.05) is 158 Å². The summed E-state index contributed by atoms with van der Waals surface area (Å²) in [5.74, 6) is 1.50. The molecule has 0 saturated carbocycles. The molecule has 9 aromatic carbocycles. The second-order valence-electron chi connectivity index (χ2n) is 15.4. The second kappa shape index (κ2) is 14.0. The average Bonchev–Trinajstić information content (AvgIpc) is 4.08. The molecule has 0 aliphatic rings. The minimum absolute atomic E-state index is 0.0495. The number of rotatable bonds is 6. The molecule has 0 fully saturated rings. The van der Waals surface area contributed by atoms with Crippen LogP contribution < -0.4 is 0 Å². The minimum Gasteiger partial charge on any atom is -0.456 e. The van der Waals surface area contributed by atoms with E-state index in [1.54, 1.807) is 4.57 Å². The van der Waals surface area contributed by atoms with E-state index in [-0.39, 0.29) is 58.1 Å². The quantitative estimate of drug-likeness (QED) is 0.167. The maximum absolute atomic E-state index is 9.30. The van der Waals surface area contributed by atoms with Crippen LogP contribution >= 0.6 is 0 Å². The molecular formula is C57H34N4O2. The second-order valence-corrected chi connectivity index (χ2v) is 15.4. The van der Waals surface area contributed by atoms with Gasteiger partial charge in [0, 0.05) is 60.1 Å². The van der Waals surface area contributed by atoms with Crippen molar-refractivity contribution >= 4 is 65.7 Å². The molecule has 0 N–H and O–H groups in total. The Morgan fingerprint density at radius 2 is 0.968 bits per heavy atom. The summed E-state index contributed by atoms with van der Waals surface area (Å²) in [5, 5.41) is 3.94. The van der Waals surface area contributed by atoms with Gasteiger partial charge < -0.3 is 13.4 Å². The molecule has 0 bridgehead atoms. The van der Waals surface area contributed by atoms with Gasteiger partial charge >= 0.3 is 0 Å². The summed E-state index contributed by atoms with van der Waals surface area (Å²) in [6.07, 6.45) is 0. The predicted molar refractivity (Wildman–Crippen MR) is 256 cm³/mol. The Bertz CT molecular complexity index is 4150. The van der Waals surface area contributed by atoms with Gasteiger partial charge in [-0.2, -0.15) is 0 Å². The van der Waals surface area contributed by atoms with E-state index in [1.807, 2.05) is 146 Å². The van der Waals surface area contributed by atoms with E-state index in [2.05, 4.69) is 12.1 Å². The van der Waals surface area contributed by atoms with Crippen LogP contribution in [0, 0.1) is 0 Å². The zero-order chi connectivity index (χ0) is 46.7. The summed E-state index contributed by atoms with van der Waals surface area (Å²) in [4.78, 5) is 15.3. The minimum atomic E-state index is -0.184. The van der Waals surface area contributed by atoms with Crippen molar-refractivity contribution in [1.82, 2.24) is 19.5 Å². The monoisotopic (exact) mass is 812 g/mol. The average molecular weight is 813 g/mol. The van der Waals surface area contributed by atoms with Gasteiger partial charge in [0.15, 0.2) is 17.5 Å². The molecule has 6 heteroatoms. The van der Waals surface area contributed by atoms with E-state index in [1.165, 1.54) is 12.1 Å². The molecule has 4 aromatic heterocycles. The number of hydrogen-bond donors (Lipinski definition) is 0. The molecule has 0 aliphatic carbocycles. The molecule has 13 rings (SSSR count). The highest BCUT2D eigenvalue weighted by atomic mass is 16.3. The Hall–Kier alpha value is -8.61. The van der Waals surface area contributed by atoms with Crippen molar-refractivity contribution in [1.29, 1.82) is 0 Å². The van der Waals surface area contributed by atoms with Crippen molar-refractivity contribution in [2.75, 3.05) is 0 Å². The molecule has 294 valence electrons. The van der Waals surface area contributed by atoms with Crippen molar-refractivity contribution in [3.8, 4) is 62.1 Å². The molecule has 0 spiro atoms. The van der Waals surface area contributed by atoms with Crippen LogP contribution in [0.5, 0.6) is 0 Å². The van der Waals surface area contributed by atoms with Crippen LogP contribution in [-0.4, -0.2) is 19.5 Å². The van der Waals surface area contributed by atoms with Crippen LogP contribution in [0.25, 0.3) is 128 Å². The molecule has 0 radical (unpaired) electrons. The SMILES string of the molecule is [2H]c1cc([2H])c2c(c1[2H])c1c([2H])c([2H])cc([2H])c1n2-c1ccc(-c2cc(-c3nc(-c4ccccc4)nc(-c4ccccc4)n3)c3c(c2)oc2ccccc23)cc1-c1cccc2c1oc1ccccc12. The van der Waals surface area contributed by atoms with Crippen LogP contribution in [0.3, 0.4) is 0 Å². The van der Waals surface area contributed by atoms with Crippen molar-refractivity contribution in [2.24, 2.45) is 0 Å². The molecule has 0 atom stereocenters. The van der Waals surface area contributed by atoms with Gasteiger partial charge in [0.1, 0.15) is 22.3 Å². The van der Waals surface area contributed by atoms with Crippen molar-refractivity contribution in [2.45, 2.75) is 0 Å². The topological polar surface area (TPSA) is 69.9 Å². The van der Waals surface area contributed by atoms with Crippen LogP contribution in [0.4, 0.5) is 0 Å². The lowest BCUT2D eigenvalue weighted by molar-refractivity contribution is 0.669.